The Bertz CT molecular complexity index is 3830. The fourth-order valence-electron chi connectivity index (χ4n) is 9.81. The van der Waals surface area contributed by atoms with Crippen molar-refractivity contribution in [3.05, 3.63) is 218 Å². The fraction of sp³-hybridized carbons (Fsp3) is 0. The van der Waals surface area contributed by atoms with Gasteiger partial charge in [0.1, 0.15) is 22.3 Å². The predicted molar refractivity (Wildman–Crippen MR) is 258 cm³/mol. The molecule has 0 aliphatic heterocycles. The molecule has 0 aliphatic rings. The molecule has 0 saturated carbocycles. The Balaban J connectivity index is 1.07. The number of nitrogens with zero attached hydrogens (tertiary/aromatic N) is 2. The molecule has 0 unspecified atom stereocenters. The van der Waals surface area contributed by atoms with Gasteiger partial charge in [0.25, 0.3) is 0 Å². The smallest absolute Gasteiger partial charge is 0.143 e. The van der Waals surface area contributed by atoms with Crippen molar-refractivity contribution in [3.8, 4) is 27.9 Å². The lowest BCUT2D eigenvalue weighted by Crippen LogP contribution is -2.11. The van der Waals surface area contributed by atoms with Crippen LogP contribution in [0.2, 0.25) is 0 Å². The minimum absolute atomic E-state index is 0.857. The van der Waals surface area contributed by atoms with Crippen molar-refractivity contribution in [1.82, 2.24) is 4.57 Å². The van der Waals surface area contributed by atoms with E-state index in [1.54, 1.807) is 0 Å². The van der Waals surface area contributed by atoms with Crippen LogP contribution in [0.1, 0.15) is 0 Å². The molecule has 290 valence electrons. The van der Waals surface area contributed by atoms with Crippen LogP contribution in [0.15, 0.2) is 227 Å². The van der Waals surface area contributed by atoms with E-state index in [0.29, 0.717) is 0 Å². The number of fused-ring (bicyclic) bond motifs is 10. The lowest BCUT2D eigenvalue weighted by molar-refractivity contribution is 0.669. The number of anilines is 3. The first-order valence-electron chi connectivity index (χ1n) is 21.1. The van der Waals surface area contributed by atoms with Crippen LogP contribution in [-0.4, -0.2) is 4.57 Å². The second-order valence-corrected chi connectivity index (χ2v) is 16.0. The molecule has 0 atom stereocenters. The predicted octanol–water partition coefficient (Wildman–Crippen LogP) is 16.5. The highest BCUT2D eigenvalue weighted by atomic mass is 16.3. The van der Waals surface area contributed by atoms with Crippen LogP contribution < -0.4 is 4.90 Å². The van der Waals surface area contributed by atoms with Crippen LogP contribution in [0.25, 0.3) is 104 Å². The molecule has 4 heteroatoms. The second-order valence-electron chi connectivity index (χ2n) is 16.0. The van der Waals surface area contributed by atoms with Gasteiger partial charge >= 0.3 is 0 Å². The summed E-state index contributed by atoms with van der Waals surface area (Å²) in [5, 5.41) is 9.17. The SMILES string of the molecule is c1ccc(-n2c3ccccc3c3ccccc32)c(-c2cc(N(c3ccc(-c4cccc5c4oc4ccccc45)cc3)c3cccc4ccccc34)cc3c2oc2ccccc23)c1. The van der Waals surface area contributed by atoms with Gasteiger partial charge in [-0.2, -0.15) is 0 Å². The number of furan rings is 2. The first-order valence-corrected chi connectivity index (χ1v) is 21.1. The Labute approximate surface area is 356 Å². The quantitative estimate of drug-likeness (QED) is 0.168. The number of benzene rings is 10. The van der Waals surface area contributed by atoms with E-state index in [2.05, 4.69) is 210 Å². The zero-order valence-corrected chi connectivity index (χ0v) is 33.5. The molecule has 0 radical (unpaired) electrons. The molecule has 13 rings (SSSR count). The third kappa shape index (κ3) is 5.20. The minimum Gasteiger partial charge on any atom is -0.455 e. The minimum atomic E-state index is 0.857. The molecular weight excluding hydrogens is 757 g/mol. The summed E-state index contributed by atoms with van der Waals surface area (Å²) in [5.41, 5.74) is 14.3. The molecule has 0 spiro atoms. The molecular formula is C58H36N2O2. The molecule has 3 aromatic heterocycles. The molecule has 0 saturated heterocycles. The number of hydrogen-bond acceptors (Lipinski definition) is 3. The summed E-state index contributed by atoms with van der Waals surface area (Å²) in [6.07, 6.45) is 0. The van der Waals surface area contributed by atoms with Crippen LogP contribution in [-0.2, 0) is 0 Å². The van der Waals surface area contributed by atoms with Crippen molar-refractivity contribution in [1.29, 1.82) is 0 Å². The Hall–Kier alpha value is -8.34. The highest BCUT2D eigenvalue weighted by Gasteiger charge is 2.24. The fourth-order valence-corrected chi connectivity index (χ4v) is 9.81. The monoisotopic (exact) mass is 792 g/mol. The van der Waals surface area contributed by atoms with Crippen molar-refractivity contribution in [3.63, 3.8) is 0 Å². The van der Waals surface area contributed by atoms with E-state index in [0.717, 1.165) is 105 Å². The molecule has 10 aromatic carbocycles. The normalized spacial score (nSPS) is 11.9. The van der Waals surface area contributed by atoms with Crippen molar-refractivity contribution >= 4 is 93.5 Å². The van der Waals surface area contributed by atoms with E-state index >= 15 is 0 Å². The van der Waals surface area contributed by atoms with Gasteiger partial charge in [-0.25, -0.2) is 0 Å². The average Bonchev–Trinajstić information content (AvgIpc) is 4.02. The Morgan fingerprint density at radius 3 is 1.61 bits per heavy atom. The van der Waals surface area contributed by atoms with Crippen molar-refractivity contribution in [2.45, 2.75) is 0 Å². The maximum atomic E-state index is 6.89. The first-order chi connectivity index (χ1) is 30.8. The standard InChI is InChI=1S/C58H36N2O2/c1-2-17-41-37(15-1)16-13-28-51(41)59(39-33-31-38(32-34-39)42-23-14-24-48-46-21-6-11-29-55(46)61-57(42)48)40-35-49(58-50(36-40)47-22-7-12-30-56(47)62-58)45-20-5-10-27-54(45)60-52-25-8-3-18-43(52)44-19-4-9-26-53(44)60/h1-36H. The maximum absolute atomic E-state index is 6.89. The van der Waals surface area contributed by atoms with Gasteiger partial charge in [-0.15, -0.1) is 0 Å². The molecule has 0 N–H and O–H groups in total. The lowest BCUT2D eigenvalue weighted by atomic mass is 9.97. The largest absolute Gasteiger partial charge is 0.455 e. The molecule has 13 aromatic rings. The van der Waals surface area contributed by atoms with Crippen molar-refractivity contribution in [2.24, 2.45) is 0 Å². The van der Waals surface area contributed by atoms with Crippen LogP contribution >= 0.6 is 0 Å². The maximum Gasteiger partial charge on any atom is 0.143 e. The second kappa shape index (κ2) is 13.6. The van der Waals surface area contributed by atoms with Gasteiger partial charge in [0.05, 0.1) is 22.4 Å². The summed E-state index contributed by atoms with van der Waals surface area (Å²) < 4.78 is 15.8. The summed E-state index contributed by atoms with van der Waals surface area (Å²) in [7, 11) is 0. The van der Waals surface area contributed by atoms with Gasteiger partial charge < -0.3 is 18.3 Å². The van der Waals surface area contributed by atoms with Crippen LogP contribution in [0.5, 0.6) is 0 Å². The van der Waals surface area contributed by atoms with Gasteiger partial charge in [-0.05, 0) is 71.6 Å². The average molecular weight is 793 g/mol. The van der Waals surface area contributed by atoms with Gasteiger partial charge in [0.2, 0.25) is 0 Å². The van der Waals surface area contributed by atoms with Crippen molar-refractivity contribution in [2.75, 3.05) is 4.90 Å². The number of para-hydroxylation sites is 6. The molecule has 3 heterocycles. The van der Waals surface area contributed by atoms with Gasteiger partial charge in [0, 0.05) is 65.8 Å². The summed E-state index contributed by atoms with van der Waals surface area (Å²) in [5.74, 6) is 0. The van der Waals surface area contributed by atoms with Gasteiger partial charge in [-0.1, -0.05) is 158 Å². The van der Waals surface area contributed by atoms with E-state index in [1.807, 2.05) is 18.2 Å². The Morgan fingerprint density at radius 2 is 0.871 bits per heavy atom. The summed E-state index contributed by atoms with van der Waals surface area (Å²) in [4.78, 5) is 2.40. The third-order valence-electron chi connectivity index (χ3n) is 12.6. The van der Waals surface area contributed by atoms with E-state index in [9.17, 15) is 0 Å². The third-order valence-corrected chi connectivity index (χ3v) is 12.6. The zero-order valence-electron chi connectivity index (χ0n) is 33.5. The van der Waals surface area contributed by atoms with Gasteiger partial charge in [0.15, 0.2) is 0 Å². The lowest BCUT2D eigenvalue weighted by Gasteiger charge is -2.28. The van der Waals surface area contributed by atoms with E-state index in [1.165, 1.54) is 16.2 Å². The molecule has 0 bridgehead atoms. The van der Waals surface area contributed by atoms with Crippen LogP contribution in [0.4, 0.5) is 17.1 Å². The van der Waals surface area contributed by atoms with Crippen molar-refractivity contribution < 1.29 is 8.83 Å². The molecule has 0 fully saturated rings. The van der Waals surface area contributed by atoms with E-state index in [-0.39, 0.29) is 0 Å². The molecule has 4 nitrogen and oxygen atoms in total. The highest BCUT2D eigenvalue weighted by Crippen LogP contribution is 2.47. The first kappa shape index (κ1) is 34.5. The summed E-state index contributed by atoms with van der Waals surface area (Å²) >= 11 is 0. The zero-order chi connectivity index (χ0) is 40.7. The van der Waals surface area contributed by atoms with E-state index in [4.69, 9.17) is 8.83 Å². The Morgan fingerprint density at radius 1 is 0.339 bits per heavy atom. The Kier molecular flexibility index (Phi) is 7.57. The molecule has 0 aliphatic carbocycles. The highest BCUT2D eigenvalue weighted by molar-refractivity contribution is 6.15. The number of aromatic nitrogens is 1. The van der Waals surface area contributed by atoms with Crippen LogP contribution in [0, 0.1) is 0 Å². The molecule has 0 amide bonds. The van der Waals surface area contributed by atoms with Crippen LogP contribution in [0.3, 0.4) is 0 Å². The summed E-state index contributed by atoms with van der Waals surface area (Å²) in [6, 6.07) is 78.0. The topological polar surface area (TPSA) is 34.5 Å². The molecule has 62 heavy (non-hydrogen) atoms. The van der Waals surface area contributed by atoms with E-state index < -0.39 is 0 Å². The van der Waals surface area contributed by atoms with Gasteiger partial charge in [-0.3, -0.25) is 0 Å². The summed E-state index contributed by atoms with van der Waals surface area (Å²) in [6.45, 7) is 0. The number of hydrogen-bond donors (Lipinski definition) is 0. The number of rotatable bonds is 6.